The van der Waals surface area contributed by atoms with Crippen LogP contribution in [0.4, 0.5) is 0 Å². The van der Waals surface area contributed by atoms with Gasteiger partial charge in [-0.05, 0) is 38.8 Å². The summed E-state index contributed by atoms with van der Waals surface area (Å²) in [6, 6.07) is 1.86. The summed E-state index contributed by atoms with van der Waals surface area (Å²) in [5.41, 5.74) is 2.92. The summed E-state index contributed by atoms with van der Waals surface area (Å²) >= 11 is 0. The molecule has 1 unspecified atom stereocenters. The third kappa shape index (κ3) is 2.70. The number of sulfone groups is 1. The van der Waals surface area contributed by atoms with Gasteiger partial charge in [0.2, 0.25) is 0 Å². The van der Waals surface area contributed by atoms with E-state index < -0.39 is 9.84 Å². The number of pyridine rings is 1. The molecule has 0 saturated carbocycles. The highest BCUT2D eigenvalue weighted by Crippen LogP contribution is 2.29. The Labute approximate surface area is 124 Å². The Kier molecular flexibility index (Phi) is 3.32. The molecule has 0 amide bonds. The first-order chi connectivity index (χ1) is 9.85. The van der Waals surface area contributed by atoms with Crippen molar-refractivity contribution >= 4 is 9.84 Å². The SMILES string of the molecule is Cc1cc(C)c(-c2nc(C)nn2C2CCS(=O)(=O)C2)cn1. The van der Waals surface area contributed by atoms with Crippen molar-refractivity contribution in [3.8, 4) is 11.4 Å². The van der Waals surface area contributed by atoms with Gasteiger partial charge in [0.25, 0.3) is 0 Å². The summed E-state index contributed by atoms with van der Waals surface area (Å²) in [5, 5.41) is 4.41. The fourth-order valence-electron chi connectivity index (χ4n) is 2.77. The molecular formula is C14H18N4O2S. The van der Waals surface area contributed by atoms with Crippen LogP contribution in [0.3, 0.4) is 0 Å². The van der Waals surface area contributed by atoms with Crippen molar-refractivity contribution < 1.29 is 8.42 Å². The first-order valence-corrected chi connectivity index (χ1v) is 8.75. The summed E-state index contributed by atoms with van der Waals surface area (Å²) in [6.07, 6.45) is 2.38. The van der Waals surface area contributed by atoms with Crippen molar-refractivity contribution in [1.29, 1.82) is 0 Å². The molecule has 1 atom stereocenters. The summed E-state index contributed by atoms with van der Waals surface area (Å²) in [6.45, 7) is 5.76. The second-order valence-corrected chi connectivity index (χ2v) is 7.85. The Morgan fingerprint density at radius 1 is 1.29 bits per heavy atom. The molecule has 7 heteroatoms. The third-order valence-corrected chi connectivity index (χ3v) is 5.53. The lowest BCUT2D eigenvalue weighted by atomic mass is 10.1. The van der Waals surface area contributed by atoms with E-state index in [0.29, 0.717) is 18.1 Å². The molecule has 21 heavy (non-hydrogen) atoms. The van der Waals surface area contributed by atoms with Crippen LogP contribution in [0.15, 0.2) is 12.3 Å². The molecular weight excluding hydrogens is 288 g/mol. The number of aryl methyl sites for hydroxylation is 3. The average molecular weight is 306 g/mol. The largest absolute Gasteiger partial charge is 0.261 e. The van der Waals surface area contributed by atoms with Gasteiger partial charge in [-0.25, -0.2) is 18.1 Å². The Hall–Kier alpha value is -1.76. The molecule has 1 aliphatic heterocycles. The van der Waals surface area contributed by atoms with Crippen molar-refractivity contribution in [1.82, 2.24) is 19.7 Å². The molecule has 2 aromatic heterocycles. The fourth-order valence-corrected chi connectivity index (χ4v) is 4.46. The van der Waals surface area contributed by atoms with Crippen molar-refractivity contribution in [2.24, 2.45) is 0 Å². The molecule has 1 aliphatic rings. The van der Waals surface area contributed by atoms with Gasteiger partial charge in [0.15, 0.2) is 15.7 Å². The predicted octanol–water partition coefficient (Wildman–Crippen LogP) is 1.62. The Balaban J connectivity index is 2.08. The first-order valence-electron chi connectivity index (χ1n) is 6.93. The molecule has 0 spiro atoms. The molecule has 3 rings (SSSR count). The quantitative estimate of drug-likeness (QED) is 0.842. The molecule has 112 valence electrons. The van der Waals surface area contributed by atoms with E-state index in [2.05, 4.69) is 15.1 Å². The van der Waals surface area contributed by atoms with Crippen molar-refractivity contribution in [3.63, 3.8) is 0 Å². The van der Waals surface area contributed by atoms with Crippen LogP contribution in [0.2, 0.25) is 0 Å². The molecule has 1 fully saturated rings. The van der Waals surface area contributed by atoms with Crippen LogP contribution in [0.5, 0.6) is 0 Å². The van der Waals surface area contributed by atoms with E-state index in [1.54, 1.807) is 10.9 Å². The van der Waals surface area contributed by atoms with Gasteiger partial charge < -0.3 is 0 Å². The zero-order valence-corrected chi connectivity index (χ0v) is 13.2. The summed E-state index contributed by atoms with van der Waals surface area (Å²) < 4.78 is 25.2. The number of rotatable bonds is 2. The minimum absolute atomic E-state index is 0.132. The van der Waals surface area contributed by atoms with Crippen molar-refractivity contribution in [2.75, 3.05) is 11.5 Å². The van der Waals surface area contributed by atoms with E-state index in [1.165, 1.54) is 0 Å². The lowest BCUT2D eigenvalue weighted by molar-refractivity contribution is 0.501. The fraction of sp³-hybridized carbons (Fsp3) is 0.500. The Morgan fingerprint density at radius 2 is 2.05 bits per heavy atom. The maximum absolute atomic E-state index is 11.7. The smallest absolute Gasteiger partial charge is 0.160 e. The molecule has 6 nitrogen and oxygen atoms in total. The highest BCUT2D eigenvalue weighted by molar-refractivity contribution is 7.91. The molecule has 0 bridgehead atoms. The number of hydrogen-bond donors (Lipinski definition) is 0. The van der Waals surface area contributed by atoms with E-state index in [4.69, 9.17) is 0 Å². The van der Waals surface area contributed by atoms with Crippen molar-refractivity contribution in [3.05, 3.63) is 29.3 Å². The monoisotopic (exact) mass is 306 g/mol. The summed E-state index contributed by atoms with van der Waals surface area (Å²) in [7, 11) is -2.95. The van der Waals surface area contributed by atoms with Gasteiger partial charge in [0, 0.05) is 17.5 Å². The van der Waals surface area contributed by atoms with Crippen LogP contribution in [0, 0.1) is 20.8 Å². The van der Waals surface area contributed by atoms with Gasteiger partial charge in [-0.3, -0.25) is 4.98 Å². The lowest BCUT2D eigenvalue weighted by Crippen LogP contribution is -2.14. The highest BCUT2D eigenvalue weighted by atomic mass is 32.2. The van der Waals surface area contributed by atoms with Crippen LogP contribution in [0.1, 0.15) is 29.5 Å². The average Bonchev–Trinajstić information content (AvgIpc) is 2.92. The van der Waals surface area contributed by atoms with Gasteiger partial charge in [-0.2, -0.15) is 5.10 Å². The third-order valence-electron chi connectivity index (χ3n) is 3.78. The molecule has 0 N–H and O–H groups in total. The minimum atomic E-state index is -2.95. The lowest BCUT2D eigenvalue weighted by Gasteiger charge is -2.13. The van der Waals surface area contributed by atoms with Gasteiger partial charge >= 0.3 is 0 Å². The number of nitrogens with zero attached hydrogens (tertiary/aromatic N) is 4. The van der Waals surface area contributed by atoms with E-state index in [0.717, 1.165) is 16.8 Å². The van der Waals surface area contributed by atoms with Crippen LogP contribution in [-0.2, 0) is 9.84 Å². The van der Waals surface area contributed by atoms with Crippen LogP contribution < -0.4 is 0 Å². The molecule has 0 aromatic carbocycles. The topological polar surface area (TPSA) is 77.7 Å². The maximum Gasteiger partial charge on any atom is 0.160 e. The predicted molar refractivity (Wildman–Crippen MR) is 79.8 cm³/mol. The van der Waals surface area contributed by atoms with Gasteiger partial charge in [-0.1, -0.05) is 0 Å². The van der Waals surface area contributed by atoms with E-state index >= 15 is 0 Å². The zero-order valence-electron chi connectivity index (χ0n) is 12.4. The van der Waals surface area contributed by atoms with E-state index in [9.17, 15) is 8.42 Å². The Bertz CT molecular complexity index is 795. The number of aromatic nitrogens is 4. The number of hydrogen-bond acceptors (Lipinski definition) is 5. The first kappa shape index (κ1) is 14.2. The van der Waals surface area contributed by atoms with E-state index in [1.807, 2.05) is 26.8 Å². The second-order valence-electron chi connectivity index (χ2n) is 5.62. The standard InChI is InChI=1S/C14H18N4O2S/c1-9-6-10(2)15-7-13(9)14-16-11(3)17-18(14)12-4-5-21(19,20)8-12/h6-7,12H,4-5,8H2,1-3H3. The van der Waals surface area contributed by atoms with Crippen LogP contribution >= 0.6 is 0 Å². The summed E-state index contributed by atoms with van der Waals surface area (Å²) in [5.74, 6) is 1.72. The Morgan fingerprint density at radius 3 is 2.67 bits per heavy atom. The highest BCUT2D eigenvalue weighted by Gasteiger charge is 2.32. The zero-order chi connectivity index (χ0) is 15.2. The van der Waals surface area contributed by atoms with E-state index in [-0.39, 0.29) is 17.5 Å². The maximum atomic E-state index is 11.7. The molecule has 2 aromatic rings. The minimum Gasteiger partial charge on any atom is -0.261 e. The molecule has 0 radical (unpaired) electrons. The van der Waals surface area contributed by atoms with Crippen LogP contribution in [-0.4, -0.2) is 39.7 Å². The second kappa shape index (κ2) is 4.91. The summed E-state index contributed by atoms with van der Waals surface area (Å²) in [4.78, 5) is 8.80. The molecule has 1 saturated heterocycles. The van der Waals surface area contributed by atoms with Crippen molar-refractivity contribution in [2.45, 2.75) is 33.2 Å². The van der Waals surface area contributed by atoms with Gasteiger partial charge in [0.1, 0.15) is 5.82 Å². The molecule has 3 heterocycles. The molecule has 0 aliphatic carbocycles. The normalized spacial score (nSPS) is 20.8. The van der Waals surface area contributed by atoms with Crippen LogP contribution in [0.25, 0.3) is 11.4 Å². The van der Waals surface area contributed by atoms with Gasteiger partial charge in [-0.15, -0.1) is 0 Å². The van der Waals surface area contributed by atoms with Gasteiger partial charge in [0.05, 0.1) is 17.5 Å².